The molecule has 21 heavy (non-hydrogen) atoms. The zero-order valence-electron chi connectivity index (χ0n) is 12.3. The third-order valence-electron chi connectivity index (χ3n) is 3.59. The van der Waals surface area contributed by atoms with Gasteiger partial charge in [0.05, 0.1) is 17.8 Å². The number of hydrogen-bond donors (Lipinski definition) is 2. The summed E-state index contributed by atoms with van der Waals surface area (Å²) in [5, 5.41) is 8.17. The maximum absolute atomic E-state index is 12.1. The molecule has 0 fully saturated rings. The topological polar surface area (TPSA) is 62.7 Å². The van der Waals surface area contributed by atoms with Crippen molar-refractivity contribution in [1.29, 1.82) is 0 Å². The Morgan fingerprint density at radius 1 is 1.38 bits per heavy atom. The van der Waals surface area contributed by atoms with Crippen LogP contribution in [0.15, 0.2) is 36.7 Å². The van der Waals surface area contributed by atoms with E-state index in [2.05, 4.69) is 27.5 Å². The van der Waals surface area contributed by atoms with Gasteiger partial charge in [-0.15, -0.1) is 0 Å². The molecular formula is C16H18N4O. The van der Waals surface area contributed by atoms with E-state index in [4.69, 9.17) is 0 Å². The number of nitrogens with zero attached hydrogens (tertiary/aromatic N) is 2. The summed E-state index contributed by atoms with van der Waals surface area (Å²) >= 11 is 0. The van der Waals surface area contributed by atoms with Gasteiger partial charge in [0.25, 0.3) is 5.91 Å². The highest BCUT2D eigenvalue weighted by atomic mass is 16.1. The molecule has 3 rings (SSSR count). The molecule has 0 spiro atoms. The van der Waals surface area contributed by atoms with Gasteiger partial charge in [-0.1, -0.05) is 6.07 Å². The first-order valence-electron chi connectivity index (χ1n) is 6.92. The molecule has 0 radical (unpaired) electrons. The molecule has 108 valence electrons. The SMILES string of the molecule is Cc1cc2cc(C(C)NC(=O)c3cnn(C)c3)ccc2[nH]1. The number of H-pyrrole nitrogens is 1. The molecule has 0 aliphatic rings. The molecular weight excluding hydrogens is 264 g/mol. The molecule has 5 nitrogen and oxygen atoms in total. The minimum absolute atomic E-state index is 0.0580. The fraction of sp³-hybridized carbons (Fsp3) is 0.250. The van der Waals surface area contributed by atoms with E-state index in [0.717, 1.165) is 22.2 Å². The maximum Gasteiger partial charge on any atom is 0.254 e. The van der Waals surface area contributed by atoms with E-state index in [1.54, 1.807) is 24.1 Å². The molecule has 0 aliphatic carbocycles. The number of aromatic amines is 1. The Hall–Kier alpha value is -2.56. The van der Waals surface area contributed by atoms with Crippen LogP contribution < -0.4 is 5.32 Å². The summed E-state index contributed by atoms with van der Waals surface area (Å²) in [6.07, 6.45) is 3.28. The normalized spacial score (nSPS) is 12.5. The van der Waals surface area contributed by atoms with Crippen LogP contribution in [-0.4, -0.2) is 20.7 Å². The van der Waals surface area contributed by atoms with Gasteiger partial charge in [0.2, 0.25) is 0 Å². The number of amides is 1. The molecule has 0 bridgehead atoms. The Labute approximate surface area is 123 Å². The standard InChI is InChI=1S/C16H18N4O/c1-10-6-13-7-12(4-5-15(13)18-10)11(2)19-16(21)14-8-17-20(3)9-14/h4-9,11,18H,1-3H3,(H,19,21). The second-order valence-corrected chi connectivity index (χ2v) is 5.40. The molecule has 2 aromatic heterocycles. The number of carbonyl (C=O) groups excluding carboxylic acids is 1. The molecule has 0 saturated carbocycles. The van der Waals surface area contributed by atoms with Gasteiger partial charge in [-0.3, -0.25) is 9.48 Å². The van der Waals surface area contributed by atoms with E-state index in [-0.39, 0.29) is 11.9 Å². The van der Waals surface area contributed by atoms with Crippen LogP contribution in [0.5, 0.6) is 0 Å². The molecule has 0 aliphatic heterocycles. The number of aryl methyl sites for hydroxylation is 2. The number of carbonyl (C=O) groups is 1. The van der Waals surface area contributed by atoms with Crippen molar-refractivity contribution in [2.24, 2.45) is 7.05 Å². The lowest BCUT2D eigenvalue weighted by molar-refractivity contribution is 0.0940. The Balaban J connectivity index is 1.79. The second kappa shape index (κ2) is 5.09. The van der Waals surface area contributed by atoms with Crippen molar-refractivity contribution in [2.45, 2.75) is 19.9 Å². The van der Waals surface area contributed by atoms with Crippen molar-refractivity contribution in [1.82, 2.24) is 20.1 Å². The number of aromatic nitrogens is 3. The zero-order valence-corrected chi connectivity index (χ0v) is 12.3. The first-order valence-corrected chi connectivity index (χ1v) is 6.92. The van der Waals surface area contributed by atoms with E-state index in [9.17, 15) is 4.79 Å². The molecule has 3 aromatic rings. The number of rotatable bonds is 3. The maximum atomic E-state index is 12.1. The monoisotopic (exact) mass is 282 g/mol. The lowest BCUT2D eigenvalue weighted by atomic mass is 10.1. The lowest BCUT2D eigenvalue weighted by Crippen LogP contribution is -2.26. The van der Waals surface area contributed by atoms with Crippen LogP contribution in [-0.2, 0) is 7.05 Å². The van der Waals surface area contributed by atoms with Crippen molar-refractivity contribution in [2.75, 3.05) is 0 Å². The minimum Gasteiger partial charge on any atom is -0.359 e. The predicted molar refractivity (Wildman–Crippen MR) is 82.1 cm³/mol. The number of benzene rings is 1. The molecule has 1 atom stereocenters. The van der Waals surface area contributed by atoms with Crippen molar-refractivity contribution in [3.63, 3.8) is 0 Å². The first-order chi connectivity index (χ1) is 10.0. The largest absolute Gasteiger partial charge is 0.359 e. The van der Waals surface area contributed by atoms with E-state index in [1.165, 1.54) is 0 Å². The van der Waals surface area contributed by atoms with Crippen LogP contribution in [0, 0.1) is 6.92 Å². The number of hydrogen-bond acceptors (Lipinski definition) is 2. The van der Waals surface area contributed by atoms with E-state index in [1.807, 2.05) is 26.0 Å². The number of nitrogens with one attached hydrogen (secondary N) is 2. The quantitative estimate of drug-likeness (QED) is 0.776. The summed E-state index contributed by atoms with van der Waals surface area (Å²) in [7, 11) is 1.79. The summed E-state index contributed by atoms with van der Waals surface area (Å²) < 4.78 is 1.62. The third-order valence-corrected chi connectivity index (χ3v) is 3.59. The van der Waals surface area contributed by atoms with Gasteiger partial charge in [-0.25, -0.2) is 0 Å². The molecule has 0 saturated heterocycles. The van der Waals surface area contributed by atoms with Crippen LogP contribution >= 0.6 is 0 Å². The Morgan fingerprint density at radius 2 is 2.19 bits per heavy atom. The highest BCUT2D eigenvalue weighted by Crippen LogP contribution is 2.21. The van der Waals surface area contributed by atoms with Crippen molar-refractivity contribution in [3.8, 4) is 0 Å². The minimum atomic E-state index is -0.110. The summed E-state index contributed by atoms with van der Waals surface area (Å²) in [4.78, 5) is 15.4. The van der Waals surface area contributed by atoms with Gasteiger partial charge < -0.3 is 10.3 Å². The molecule has 1 aromatic carbocycles. The fourth-order valence-electron chi connectivity index (χ4n) is 2.47. The second-order valence-electron chi connectivity index (χ2n) is 5.40. The molecule has 5 heteroatoms. The Morgan fingerprint density at radius 3 is 2.90 bits per heavy atom. The van der Waals surface area contributed by atoms with Gasteiger partial charge in [-0.2, -0.15) is 5.10 Å². The van der Waals surface area contributed by atoms with Crippen LogP contribution in [0.2, 0.25) is 0 Å². The highest BCUT2D eigenvalue weighted by Gasteiger charge is 2.13. The van der Waals surface area contributed by atoms with Crippen molar-refractivity contribution in [3.05, 3.63) is 53.5 Å². The summed E-state index contributed by atoms with van der Waals surface area (Å²) in [5.74, 6) is -0.110. The predicted octanol–water partition coefficient (Wildman–Crippen LogP) is 2.70. The number of fused-ring (bicyclic) bond motifs is 1. The van der Waals surface area contributed by atoms with Crippen LogP contribution in [0.4, 0.5) is 0 Å². The van der Waals surface area contributed by atoms with E-state index >= 15 is 0 Å². The summed E-state index contributed by atoms with van der Waals surface area (Å²) in [5.41, 5.74) is 3.90. The Bertz CT molecular complexity index is 800. The van der Waals surface area contributed by atoms with Gasteiger partial charge in [0.15, 0.2) is 0 Å². The average molecular weight is 282 g/mol. The van der Waals surface area contributed by atoms with E-state index in [0.29, 0.717) is 5.56 Å². The van der Waals surface area contributed by atoms with Gasteiger partial charge in [0.1, 0.15) is 0 Å². The molecule has 2 N–H and O–H groups in total. The average Bonchev–Trinajstić information content (AvgIpc) is 3.02. The lowest BCUT2D eigenvalue weighted by Gasteiger charge is -2.13. The Kier molecular flexibility index (Phi) is 3.25. The first kappa shape index (κ1) is 13.4. The van der Waals surface area contributed by atoms with Crippen LogP contribution in [0.3, 0.4) is 0 Å². The van der Waals surface area contributed by atoms with Crippen LogP contribution in [0.25, 0.3) is 10.9 Å². The highest BCUT2D eigenvalue weighted by molar-refractivity contribution is 5.94. The van der Waals surface area contributed by atoms with Crippen molar-refractivity contribution >= 4 is 16.8 Å². The van der Waals surface area contributed by atoms with Gasteiger partial charge in [-0.05, 0) is 43.0 Å². The smallest absolute Gasteiger partial charge is 0.254 e. The third kappa shape index (κ3) is 2.67. The molecule has 2 heterocycles. The van der Waals surface area contributed by atoms with Crippen LogP contribution in [0.1, 0.15) is 34.6 Å². The van der Waals surface area contributed by atoms with Gasteiger partial charge >= 0.3 is 0 Å². The van der Waals surface area contributed by atoms with E-state index < -0.39 is 0 Å². The summed E-state index contributed by atoms with van der Waals surface area (Å²) in [6, 6.07) is 8.23. The fourth-order valence-corrected chi connectivity index (χ4v) is 2.47. The molecule has 1 unspecified atom stereocenters. The molecule has 1 amide bonds. The van der Waals surface area contributed by atoms with Crippen molar-refractivity contribution < 1.29 is 4.79 Å². The summed E-state index contributed by atoms with van der Waals surface area (Å²) in [6.45, 7) is 4.02. The zero-order chi connectivity index (χ0) is 15.0. The van der Waals surface area contributed by atoms with Gasteiger partial charge in [0, 0.05) is 24.5 Å².